The van der Waals surface area contributed by atoms with Crippen molar-refractivity contribution in [3.8, 4) is 17.2 Å². The highest BCUT2D eigenvalue weighted by Crippen LogP contribution is 2.30. The van der Waals surface area contributed by atoms with E-state index in [1.807, 2.05) is 42.5 Å². The van der Waals surface area contributed by atoms with Crippen LogP contribution in [0.4, 0.5) is 0 Å². The Bertz CT molecular complexity index is 865. The van der Waals surface area contributed by atoms with Gasteiger partial charge in [0.25, 0.3) is 0 Å². The van der Waals surface area contributed by atoms with Crippen LogP contribution in [-0.2, 0) is 16.8 Å². The van der Waals surface area contributed by atoms with E-state index in [0.717, 1.165) is 22.8 Å². The summed E-state index contributed by atoms with van der Waals surface area (Å²) in [5, 5.41) is 2.19. The average molecular weight is 383 g/mol. The van der Waals surface area contributed by atoms with E-state index in [1.54, 1.807) is 18.4 Å². The molecular weight excluding hydrogens is 356 g/mol. The molecule has 0 amide bonds. The molecule has 0 saturated carbocycles. The van der Waals surface area contributed by atoms with Gasteiger partial charge in [-0.25, -0.2) is 0 Å². The maximum Gasteiger partial charge on any atom is 0.127 e. The van der Waals surface area contributed by atoms with Crippen LogP contribution in [0, 0.1) is 6.92 Å². The van der Waals surface area contributed by atoms with Crippen molar-refractivity contribution in [2.75, 3.05) is 13.7 Å². The van der Waals surface area contributed by atoms with Crippen molar-refractivity contribution >= 4 is 11.3 Å². The summed E-state index contributed by atoms with van der Waals surface area (Å²) in [4.78, 5) is 1.36. The summed E-state index contributed by atoms with van der Waals surface area (Å²) >= 11 is 1.80. The van der Waals surface area contributed by atoms with E-state index in [1.165, 1.54) is 10.4 Å². The summed E-state index contributed by atoms with van der Waals surface area (Å²) in [6.07, 6.45) is 0. The molecule has 0 radical (unpaired) electrons. The highest BCUT2D eigenvalue weighted by atomic mass is 32.1. The van der Waals surface area contributed by atoms with Crippen LogP contribution in [0.3, 0.4) is 0 Å². The molecule has 0 N–H and O–H groups in total. The maximum absolute atomic E-state index is 6.02. The number of aryl methyl sites for hydroxylation is 1. The van der Waals surface area contributed by atoms with Crippen molar-refractivity contribution < 1.29 is 14.2 Å². The predicted molar refractivity (Wildman–Crippen MR) is 111 cm³/mol. The van der Waals surface area contributed by atoms with Crippen molar-refractivity contribution in [2.24, 2.45) is 0 Å². The first-order chi connectivity index (χ1) is 13.0. The third-order valence-corrected chi connectivity index (χ3v) is 5.74. The molecule has 0 bridgehead atoms. The number of methoxy groups -OCH3 is 1. The zero-order valence-corrected chi connectivity index (χ0v) is 17.1. The van der Waals surface area contributed by atoms with Crippen LogP contribution in [0.25, 0.3) is 0 Å². The molecule has 0 fully saturated rings. The van der Waals surface area contributed by atoms with Gasteiger partial charge < -0.3 is 14.2 Å². The second-order valence-electron chi connectivity index (χ2n) is 7.29. The Hall–Kier alpha value is -2.30. The smallest absolute Gasteiger partial charge is 0.127 e. The Labute approximate surface area is 165 Å². The largest absolute Gasteiger partial charge is 0.497 e. The first kappa shape index (κ1) is 19.5. The van der Waals surface area contributed by atoms with Gasteiger partial charge >= 0.3 is 0 Å². The summed E-state index contributed by atoms with van der Waals surface area (Å²) in [5.74, 6) is 2.39. The molecule has 0 aliphatic rings. The lowest BCUT2D eigenvalue weighted by molar-refractivity contribution is 0.0835. The van der Waals surface area contributed by atoms with Gasteiger partial charge in [-0.2, -0.15) is 0 Å². The highest BCUT2D eigenvalue weighted by molar-refractivity contribution is 7.10. The van der Waals surface area contributed by atoms with Crippen LogP contribution in [0.1, 0.15) is 29.9 Å². The summed E-state index contributed by atoms with van der Waals surface area (Å²) < 4.78 is 17.1. The van der Waals surface area contributed by atoms with Crippen molar-refractivity contribution in [1.82, 2.24) is 0 Å². The fourth-order valence-electron chi connectivity index (χ4n) is 2.76. The fraction of sp³-hybridized carbons (Fsp3) is 0.304. The number of thiophene rings is 1. The summed E-state index contributed by atoms with van der Waals surface area (Å²) in [6.45, 7) is 7.82. The van der Waals surface area contributed by atoms with Crippen LogP contribution < -0.4 is 9.47 Å². The van der Waals surface area contributed by atoms with Gasteiger partial charge in [-0.3, -0.25) is 0 Å². The van der Waals surface area contributed by atoms with Gasteiger partial charge in [0.15, 0.2) is 0 Å². The van der Waals surface area contributed by atoms with Gasteiger partial charge in [-0.05, 0) is 65.9 Å². The van der Waals surface area contributed by atoms with Gasteiger partial charge in [0.1, 0.15) is 17.2 Å². The molecular formula is C23H26O3S. The van der Waals surface area contributed by atoms with E-state index >= 15 is 0 Å². The first-order valence-electron chi connectivity index (χ1n) is 9.00. The molecule has 3 nitrogen and oxygen atoms in total. The number of ether oxygens (including phenoxy) is 3. The van der Waals surface area contributed by atoms with Gasteiger partial charge in [-0.15, -0.1) is 11.3 Å². The van der Waals surface area contributed by atoms with E-state index in [9.17, 15) is 0 Å². The van der Waals surface area contributed by atoms with Crippen LogP contribution in [0.15, 0.2) is 60.0 Å². The molecule has 27 heavy (non-hydrogen) atoms. The Morgan fingerprint density at radius 3 is 2.33 bits per heavy atom. The second kappa shape index (κ2) is 8.59. The molecule has 4 heteroatoms. The monoisotopic (exact) mass is 382 g/mol. The molecule has 142 valence electrons. The lowest BCUT2D eigenvalue weighted by Gasteiger charge is -2.23. The lowest BCUT2D eigenvalue weighted by atomic mass is 9.92. The summed E-state index contributed by atoms with van der Waals surface area (Å²) in [5.41, 5.74) is 2.42. The first-order valence-corrected chi connectivity index (χ1v) is 9.88. The maximum atomic E-state index is 6.02. The number of benzene rings is 2. The average Bonchev–Trinajstić information content (AvgIpc) is 3.10. The Morgan fingerprint density at radius 2 is 1.67 bits per heavy atom. The molecule has 1 heterocycles. The second-order valence-corrected chi connectivity index (χ2v) is 8.20. The van der Waals surface area contributed by atoms with Gasteiger partial charge in [-0.1, -0.05) is 26.0 Å². The van der Waals surface area contributed by atoms with E-state index in [-0.39, 0.29) is 5.41 Å². The number of hydrogen-bond acceptors (Lipinski definition) is 4. The Kier molecular flexibility index (Phi) is 6.19. The zero-order chi connectivity index (χ0) is 19.3. The molecule has 0 aliphatic heterocycles. The minimum Gasteiger partial charge on any atom is -0.497 e. The van der Waals surface area contributed by atoms with Crippen molar-refractivity contribution in [3.05, 3.63) is 76.0 Å². The number of hydrogen-bond donors (Lipinski definition) is 0. The standard InChI is InChI=1S/C23H26O3S/c1-17-12-22(27-15-17)23(2,3)16-25-14-18-6-5-7-21(13-18)26-20-10-8-19(24-4)9-11-20/h5-13,15H,14,16H2,1-4H3. The van der Waals surface area contributed by atoms with E-state index < -0.39 is 0 Å². The van der Waals surface area contributed by atoms with Gasteiger partial charge in [0.2, 0.25) is 0 Å². The number of rotatable bonds is 8. The minimum atomic E-state index is 0.0101. The zero-order valence-electron chi connectivity index (χ0n) is 16.3. The van der Waals surface area contributed by atoms with Crippen molar-refractivity contribution in [2.45, 2.75) is 32.8 Å². The van der Waals surface area contributed by atoms with Crippen LogP contribution in [0.2, 0.25) is 0 Å². The van der Waals surface area contributed by atoms with Crippen molar-refractivity contribution in [1.29, 1.82) is 0 Å². The van der Waals surface area contributed by atoms with Gasteiger partial charge in [0, 0.05) is 10.3 Å². The molecule has 3 rings (SSSR count). The minimum absolute atomic E-state index is 0.0101. The highest BCUT2D eigenvalue weighted by Gasteiger charge is 2.22. The lowest BCUT2D eigenvalue weighted by Crippen LogP contribution is -2.23. The van der Waals surface area contributed by atoms with Gasteiger partial charge in [0.05, 0.1) is 20.3 Å². The third-order valence-electron chi connectivity index (χ3n) is 4.32. The molecule has 0 spiro atoms. The summed E-state index contributed by atoms with van der Waals surface area (Å²) in [6, 6.07) is 17.8. The van der Waals surface area contributed by atoms with E-state index in [2.05, 4.69) is 38.3 Å². The van der Waals surface area contributed by atoms with Crippen LogP contribution >= 0.6 is 11.3 Å². The molecule has 0 unspecified atom stereocenters. The topological polar surface area (TPSA) is 27.7 Å². The van der Waals surface area contributed by atoms with E-state index in [0.29, 0.717) is 13.2 Å². The SMILES string of the molecule is COc1ccc(Oc2cccc(COCC(C)(C)c3cc(C)cs3)c2)cc1. The molecule has 0 saturated heterocycles. The third kappa shape index (κ3) is 5.34. The molecule has 2 aromatic carbocycles. The molecule has 0 atom stereocenters. The normalized spacial score (nSPS) is 11.4. The molecule has 3 aromatic rings. The predicted octanol–water partition coefficient (Wildman–Crippen LogP) is 6.35. The Morgan fingerprint density at radius 1 is 0.926 bits per heavy atom. The Balaban J connectivity index is 1.57. The van der Waals surface area contributed by atoms with Crippen LogP contribution in [0.5, 0.6) is 17.2 Å². The van der Waals surface area contributed by atoms with Crippen molar-refractivity contribution in [3.63, 3.8) is 0 Å². The van der Waals surface area contributed by atoms with Crippen LogP contribution in [-0.4, -0.2) is 13.7 Å². The van der Waals surface area contributed by atoms with E-state index in [4.69, 9.17) is 14.2 Å². The summed E-state index contributed by atoms with van der Waals surface area (Å²) in [7, 11) is 1.65. The molecule has 0 aliphatic carbocycles. The molecule has 1 aromatic heterocycles. The fourth-order valence-corrected chi connectivity index (χ4v) is 3.77. The quantitative estimate of drug-likeness (QED) is 0.454.